The molecule has 0 spiro atoms. The predicted molar refractivity (Wildman–Crippen MR) is 106 cm³/mol. The highest BCUT2D eigenvalue weighted by molar-refractivity contribution is 7.99. The molecule has 0 unspecified atom stereocenters. The fourth-order valence-electron chi connectivity index (χ4n) is 2.65. The second-order valence-electron chi connectivity index (χ2n) is 7.37. The summed E-state index contributed by atoms with van der Waals surface area (Å²) < 4.78 is 47.0. The Labute approximate surface area is 174 Å². The lowest BCUT2D eigenvalue weighted by molar-refractivity contribution is -0.141. The van der Waals surface area contributed by atoms with Crippen LogP contribution in [-0.4, -0.2) is 41.6 Å². The molecule has 0 aliphatic rings. The van der Waals surface area contributed by atoms with Crippen LogP contribution in [0.1, 0.15) is 33.4 Å². The van der Waals surface area contributed by atoms with Crippen molar-refractivity contribution in [2.24, 2.45) is 7.05 Å². The Morgan fingerprint density at radius 3 is 2.60 bits per heavy atom. The summed E-state index contributed by atoms with van der Waals surface area (Å²) in [5, 5.41) is 7.12. The average Bonchev–Trinajstić information content (AvgIpc) is 3.15. The van der Waals surface area contributed by atoms with E-state index in [9.17, 15) is 18.0 Å². The molecule has 1 amide bonds. The van der Waals surface area contributed by atoms with Gasteiger partial charge < -0.3 is 4.74 Å². The molecule has 3 heterocycles. The van der Waals surface area contributed by atoms with E-state index in [1.807, 2.05) is 6.92 Å². The van der Waals surface area contributed by atoms with E-state index in [1.54, 1.807) is 34.0 Å². The zero-order valence-corrected chi connectivity index (χ0v) is 17.9. The van der Waals surface area contributed by atoms with Crippen LogP contribution in [0.4, 0.5) is 23.8 Å². The molecule has 0 atom stereocenters. The number of halogens is 3. The van der Waals surface area contributed by atoms with E-state index in [0.29, 0.717) is 27.9 Å². The van der Waals surface area contributed by atoms with Gasteiger partial charge in [-0.05, 0) is 26.5 Å². The molecule has 3 aromatic rings. The molecular weight excluding hydrogens is 421 g/mol. The number of nitrogens with one attached hydrogen (secondary N) is 1. The fourth-order valence-corrected chi connectivity index (χ4v) is 3.54. The number of ether oxygens (including phenoxy) is 1. The Morgan fingerprint density at radius 1 is 1.30 bits per heavy atom. The number of carbonyl (C=O) groups excluding carboxylic acids is 1. The van der Waals surface area contributed by atoms with Gasteiger partial charge in [0.25, 0.3) is 0 Å². The number of hydrogen-bond donors (Lipinski definition) is 1. The number of amides is 1. The summed E-state index contributed by atoms with van der Waals surface area (Å²) in [6, 6.07) is 0.874. The second kappa shape index (κ2) is 7.82. The smallest absolute Gasteiger partial charge is 0.433 e. The van der Waals surface area contributed by atoms with Gasteiger partial charge in [0.15, 0.2) is 0 Å². The van der Waals surface area contributed by atoms with Gasteiger partial charge in [-0.25, -0.2) is 14.8 Å². The summed E-state index contributed by atoms with van der Waals surface area (Å²) in [7, 11) is 1.65. The normalized spacial score (nSPS) is 12.4. The third kappa shape index (κ3) is 4.69. The molecule has 0 saturated carbocycles. The maximum absolute atomic E-state index is 12.9. The van der Waals surface area contributed by atoms with Crippen LogP contribution >= 0.6 is 11.8 Å². The van der Waals surface area contributed by atoms with E-state index in [-0.39, 0.29) is 5.65 Å². The number of imidazole rings is 1. The first kappa shape index (κ1) is 21.9. The lowest BCUT2D eigenvalue weighted by Crippen LogP contribution is -2.28. The first-order valence-electron chi connectivity index (χ1n) is 9.01. The molecule has 1 N–H and O–H groups in total. The molecule has 8 nitrogen and oxygen atoms in total. The van der Waals surface area contributed by atoms with Crippen molar-refractivity contribution in [3.63, 3.8) is 0 Å². The number of thioether (sulfide) groups is 1. The van der Waals surface area contributed by atoms with Crippen LogP contribution in [0.3, 0.4) is 0 Å². The van der Waals surface area contributed by atoms with Gasteiger partial charge in [-0.1, -0.05) is 6.92 Å². The molecule has 0 saturated heterocycles. The second-order valence-corrected chi connectivity index (χ2v) is 8.65. The maximum Gasteiger partial charge on any atom is 0.433 e. The molecule has 3 aromatic heterocycles. The topological polar surface area (TPSA) is 86.3 Å². The van der Waals surface area contributed by atoms with E-state index in [0.717, 1.165) is 12.4 Å². The van der Waals surface area contributed by atoms with Gasteiger partial charge in [-0.15, -0.1) is 11.8 Å². The van der Waals surface area contributed by atoms with Crippen LogP contribution in [0.25, 0.3) is 17.0 Å². The fraction of sp³-hybridized carbons (Fsp3) is 0.444. The van der Waals surface area contributed by atoms with Crippen LogP contribution in [0.15, 0.2) is 23.5 Å². The lowest BCUT2D eigenvalue weighted by atomic mass is 10.2. The van der Waals surface area contributed by atoms with Gasteiger partial charge in [0.1, 0.15) is 40.5 Å². The molecule has 0 fully saturated rings. The van der Waals surface area contributed by atoms with Crippen molar-refractivity contribution in [2.75, 3.05) is 11.1 Å². The predicted octanol–water partition coefficient (Wildman–Crippen LogP) is 4.61. The Morgan fingerprint density at radius 2 is 2.00 bits per heavy atom. The largest absolute Gasteiger partial charge is 0.444 e. The molecule has 0 radical (unpaired) electrons. The number of hydrogen-bond acceptors (Lipinski definition) is 6. The molecule has 0 aliphatic carbocycles. The van der Waals surface area contributed by atoms with Crippen molar-refractivity contribution < 1.29 is 22.7 Å². The van der Waals surface area contributed by atoms with Crippen LogP contribution in [0, 0.1) is 0 Å². The lowest BCUT2D eigenvalue weighted by Gasteiger charge is -2.20. The number of alkyl halides is 3. The van der Waals surface area contributed by atoms with Gasteiger partial charge in [0.2, 0.25) is 0 Å². The Hall–Kier alpha value is -2.76. The third-order valence-corrected chi connectivity index (χ3v) is 4.76. The van der Waals surface area contributed by atoms with Crippen molar-refractivity contribution in [2.45, 2.75) is 44.4 Å². The average molecular weight is 442 g/mol. The van der Waals surface area contributed by atoms with Gasteiger partial charge in [0, 0.05) is 19.3 Å². The zero-order chi connectivity index (χ0) is 22.3. The van der Waals surface area contributed by atoms with Crippen LogP contribution < -0.4 is 5.32 Å². The Kier molecular flexibility index (Phi) is 5.72. The highest BCUT2D eigenvalue weighted by Crippen LogP contribution is 2.37. The SMILES string of the molecule is CCSc1c(-c2cn3cnc(C(F)(F)F)cc3n2)nn(C)c1NC(=O)OC(C)(C)C. The number of nitrogens with zero attached hydrogens (tertiary/aromatic N) is 5. The van der Waals surface area contributed by atoms with Gasteiger partial charge in [0.05, 0.1) is 4.90 Å². The number of rotatable bonds is 4. The Balaban J connectivity index is 2.02. The summed E-state index contributed by atoms with van der Waals surface area (Å²) in [6.07, 6.45) is -2.60. The standard InChI is InChI=1S/C18H21F3N6O2S/c1-6-30-14-13(25-26(5)15(14)24-16(28)29-17(2,3)4)10-8-27-9-22-11(18(19,20)21)7-12(27)23-10/h7-9H,6H2,1-5H3,(H,24,28). The van der Waals surface area contributed by atoms with E-state index in [1.165, 1.54) is 20.8 Å². The monoisotopic (exact) mass is 442 g/mol. The van der Waals surface area contributed by atoms with Crippen molar-refractivity contribution in [3.05, 3.63) is 24.3 Å². The molecular formula is C18H21F3N6O2S. The number of fused-ring (bicyclic) bond motifs is 1. The minimum atomic E-state index is -4.56. The van der Waals surface area contributed by atoms with E-state index in [2.05, 4.69) is 20.4 Å². The van der Waals surface area contributed by atoms with Crippen LogP contribution in [-0.2, 0) is 18.0 Å². The zero-order valence-electron chi connectivity index (χ0n) is 17.0. The summed E-state index contributed by atoms with van der Waals surface area (Å²) in [5.41, 5.74) is -0.808. The highest BCUT2D eigenvalue weighted by Gasteiger charge is 2.33. The molecule has 0 aliphatic heterocycles. The van der Waals surface area contributed by atoms with E-state index in [4.69, 9.17) is 4.74 Å². The number of aryl methyl sites for hydroxylation is 1. The van der Waals surface area contributed by atoms with Crippen molar-refractivity contribution >= 4 is 29.3 Å². The first-order chi connectivity index (χ1) is 13.9. The molecule has 162 valence electrons. The maximum atomic E-state index is 12.9. The van der Waals surface area contributed by atoms with E-state index >= 15 is 0 Å². The molecule has 0 bridgehead atoms. The number of carbonyl (C=O) groups is 1. The van der Waals surface area contributed by atoms with E-state index < -0.39 is 23.6 Å². The van der Waals surface area contributed by atoms with Crippen molar-refractivity contribution in [1.82, 2.24) is 24.1 Å². The summed E-state index contributed by atoms with van der Waals surface area (Å²) >= 11 is 1.42. The first-order valence-corrected chi connectivity index (χ1v) is 9.99. The molecule has 0 aromatic carbocycles. The van der Waals surface area contributed by atoms with Gasteiger partial charge >= 0.3 is 12.3 Å². The summed E-state index contributed by atoms with van der Waals surface area (Å²) in [5.74, 6) is 1.09. The minimum Gasteiger partial charge on any atom is -0.444 e. The Bertz CT molecular complexity index is 1080. The number of aromatic nitrogens is 5. The molecule has 12 heteroatoms. The number of anilines is 1. The highest BCUT2D eigenvalue weighted by atomic mass is 32.2. The molecule has 3 rings (SSSR count). The van der Waals surface area contributed by atoms with Crippen molar-refractivity contribution in [3.8, 4) is 11.4 Å². The minimum absolute atomic E-state index is 0.0899. The van der Waals surface area contributed by atoms with Gasteiger partial charge in [-0.3, -0.25) is 14.4 Å². The van der Waals surface area contributed by atoms with Crippen LogP contribution in [0.2, 0.25) is 0 Å². The van der Waals surface area contributed by atoms with Crippen LogP contribution in [0.5, 0.6) is 0 Å². The quantitative estimate of drug-likeness (QED) is 0.594. The van der Waals surface area contributed by atoms with Crippen molar-refractivity contribution in [1.29, 1.82) is 0 Å². The summed E-state index contributed by atoms with van der Waals surface area (Å²) in [6.45, 7) is 7.19. The van der Waals surface area contributed by atoms with Gasteiger partial charge in [-0.2, -0.15) is 18.3 Å². The summed E-state index contributed by atoms with van der Waals surface area (Å²) in [4.78, 5) is 20.6. The molecule has 30 heavy (non-hydrogen) atoms. The third-order valence-electron chi connectivity index (χ3n) is 3.79.